The summed E-state index contributed by atoms with van der Waals surface area (Å²) in [6.07, 6.45) is 2.69. The SMILES string of the molecule is CC(CCl)CNC(=O)c1ccncc1O. The molecule has 0 saturated carbocycles. The Morgan fingerprint density at radius 2 is 2.47 bits per heavy atom. The molecule has 1 rings (SSSR count). The van der Waals surface area contributed by atoms with E-state index in [1.807, 2.05) is 6.92 Å². The fraction of sp³-hybridized carbons (Fsp3) is 0.400. The van der Waals surface area contributed by atoms with Crippen LogP contribution in [0.25, 0.3) is 0 Å². The first-order valence-corrected chi connectivity index (χ1v) is 5.15. The fourth-order valence-electron chi connectivity index (χ4n) is 0.995. The van der Waals surface area contributed by atoms with Gasteiger partial charge in [-0.15, -0.1) is 11.6 Å². The largest absolute Gasteiger partial charge is 0.505 e. The van der Waals surface area contributed by atoms with Crippen LogP contribution in [0, 0.1) is 5.92 Å². The number of nitrogens with one attached hydrogen (secondary N) is 1. The van der Waals surface area contributed by atoms with Crippen LogP contribution in [-0.4, -0.2) is 28.4 Å². The Kier molecular flexibility index (Phi) is 4.37. The third-order valence-corrected chi connectivity index (χ3v) is 2.45. The van der Waals surface area contributed by atoms with Crippen LogP contribution >= 0.6 is 11.6 Å². The average molecular weight is 229 g/mol. The number of pyridine rings is 1. The lowest BCUT2D eigenvalue weighted by Crippen LogP contribution is -2.28. The van der Waals surface area contributed by atoms with Gasteiger partial charge in [0.15, 0.2) is 0 Å². The molecule has 1 amide bonds. The van der Waals surface area contributed by atoms with Crippen molar-refractivity contribution in [2.24, 2.45) is 5.92 Å². The summed E-state index contributed by atoms with van der Waals surface area (Å²) < 4.78 is 0. The van der Waals surface area contributed by atoms with Crippen LogP contribution in [0.4, 0.5) is 0 Å². The molecule has 0 saturated heterocycles. The molecule has 0 aliphatic heterocycles. The van der Waals surface area contributed by atoms with E-state index >= 15 is 0 Å². The average Bonchev–Trinajstić information content (AvgIpc) is 2.26. The number of alkyl halides is 1. The van der Waals surface area contributed by atoms with Crippen LogP contribution in [0.2, 0.25) is 0 Å². The van der Waals surface area contributed by atoms with Crippen molar-refractivity contribution in [2.75, 3.05) is 12.4 Å². The van der Waals surface area contributed by atoms with Crippen LogP contribution in [0.15, 0.2) is 18.5 Å². The second-order valence-corrected chi connectivity index (χ2v) is 3.67. The second kappa shape index (κ2) is 5.56. The standard InChI is InChI=1S/C10H13ClN2O2/c1-7(4-11)5-13-10(15)8-2-3-12-6-9(8)14/h2-3,6-7,14H,4-5H2,1H3,(H,13,15). The van der Waals surface area contributed by atoms with Gasteiger partial charge in [-0.3, -0.25) is 9.78 Å². The topological polar surface area (TPSA) is 62.2 Å². The van der Waals surface area contributed by atoms with Gasteiger partial charge in [0, 0.05) is 18.6 Å². The van der Waals surface area contributed by atoms with Gasteiger partial charge >= 0.3 is 0 Å². The number of aromatic hydroxyl groups is 1. The third kappa shape index (κ3) is 3.40. The zero-order valence-corrected chi connectivity index (χ0v) is 9.16. The highest BCUT2D eigenvalue weighted by molar-refractivity contribution is 6.18. The summed E-state index contributed by atoms with van der Waals surface area (Å²) in [6.45, 7) is 2.42. The smallest absolute Gasteiger partial charge is 0.255 e. The lowest BCUT2D eigenvalue weighted by atomic mass is 10.2. The molecular weight excluding hydrogens is 216 g/mol. The van der Waals surface area contributed by atoms with Crippen LogP contribution in [0.5, 0.6) is 5.75 Å². The van der Waals surface area contributed by atoms with Crippen LogP contribution < -0.4 is 5.32 Å². The van der Waals surface area contributed by atoms with Crippen molar-refractivity contribution in [1.82, 2.24) is 10.3 Å². The van der Waals surface area contributed by atoms with Crippen molar-refractivity contribution >= 4 is 17.5 Å². The van der Waals surface area contributed by atoms with Crippen molar-refractivity contribution < 1.29 is 9.90 Å². The molecule has 5 heteroatoms. The number of hydrogen-bond acceptors (Lipinski definition) is 3. The van der Waals surface area contributed by atoms with E-state index in [2.05, 4.69) is 10.3 Å². The fourth-order valence-corrected chi connectivity index (χ4v) is 1.10. The number of carbonyl (C=O) groups is 1. The van der Waals surface area contributed by atoms with Crippen molar-refractivity contribution in [2.45, 2.75) is 6.92 Å². The number of nitrogens with zero attached hydrogens (tertiary/aromatic N) is 1. The summed E-state index contributed by atoms with van der Waals surface area (Å²) in [4.78, 5) is 15.2. The zero-order chi connectivity index (χ0) is 11.3. The molecular formula is C10H13ClN2O2. The van der Waals surface area contributed by atoms with Gasteiger partial charge < -0.3 is 10.4 Å². The highest BCUT2D eigenvalue weighted by atomic mass is 35.5. The summed E-state index contributed by atoms with van der Waals surface area (Å²) >= 11 is 5.60. The molecule has 0 fully saturated rings. The van der Waals surface area contributed by atoms with Gasteiger partial charge in [-0.25, -0.2) is 0 Å². The number of aromatic nitrogens is 1. The van der Waals surface area contributed by atoms with Crippen LogP contribution in [-0.2, 0) is 0 Å². The Morgan fingerprint density at radius 3 is 3.07 bits per heavy atom. The number of amides is 1. The minimum atomic E-state index is -0.313. The monoisotopic (exact) mass is 228 g/mol. The lowest BCUT2D eigenvalue weighted by molar-refractivity contribution is 0.0946. The first-order chi connectivity index (χ1) is 7.15. The van der Waals surface area contributed by atoms with Crippen molar-refractivity contribution in [3.05, 3.63) is 24.0 Å². The third-order valence-electron chi connectivity index (χ3n) is 1.92. The Morgan fingerprint density at radius 1 is 1.73 bits per heavy atom. The number of rotatable bonds is 4. The maximum atomic E-state index is 11.5. The molecule has 0 aromatic carbocycles. The van der Waals surface area contributed by atoms with Crippen molar-refractivity contribution in [1.29, 1.82) is 0 Å². The Balaban J connectivity index is 2.58. The molecule has 1 aromatic heterocycles. The molecule has 1 aromatic rings. The van der Waals surface area contributed by atoms with Gasteiger partial charge in [0.25, 0.3) is 5.91 Å². The molecule has 2 N–H and O–H groups in total. The first kappa shape index (κ1) is 11.8. The van der Waals surface area contributed by atoms with E-state index in [1.54, 1.807) is 0 Å². The van der Waals surface area contributed by atoms with Gasteiger partial charge in [0.05, 0.1) is 11.8 Å². The molecule has 1 atom stereocenters. The van der Waals surface area contributed by atoms with E-state index in [1.165, 1.54) is 18.5 Å². The summed E-state index contributed by atoms with van der Waals surface area (Å²) in [7, 11) is 0. The second-order valence-electron chi connectivity index (χ2n) is 3.36. The number of hydrogen-bond donors (Lipinski definition) is 2. The van der Waals surface area contributed by atoms with Gasteiger partial charge in [0.1, 0.15) is 5.75 Å². The Labute approximate surface area is 93.3 Å². The molecule has 15 heavy (non-hydrogen) atoms. The van der Waals surface area contributed by atoms with E-state index < -0.39 is 0 Å². The van der Waals surface area contributed by atoms with E-state index in [9.17, 15) is 9.90 Å². The number of halogens is 1. The summed E-state index contributed by atoms with van der Waals surface area (Å²) in [5, 5.41) is 12.0. The molecule has 0 aliphatic carbocycles. The molecule has 82 valence electrons. The Bertz CT molecular complexity index is 344. The van der Waals surface area contributed by atoms with Gasteiger partial charge in [-0.05, 0) is 12.0 Å². The van der Waals surface area contributed by atoms with Crippen molar-refractivity contribution in [3.63, 3.8) is 0 Å². The highest BCUT2D eigenvalue weighted by Crippen LogP contribution is 2.13. The first-order valence-electron chi connectivity index (χ1n) is 4.62. The van der Waals surface area contributed by atoms with Crippen molar-refractivity contribution in [3.8, 4) is 5.75 Å². The zero-order valence-electron chi connectivity index (χ0n) is 8.40. The van der Waals surface area contributed by atoms with E-state index in [4.69, 9.17) is 11.6 Å². The maximum Gasteiger partial charge on any atom is 0.255 e. The van der Waals surface area contributed by atoms with Gasteiger partial charge in [-0.1, -0.05) is 6.92 Å². The molecule has 0 aliphatic rings. The number of carbonyl (C=O) groups excluding carboxylic acids is 1. The van der Waals surface area contributed by atoms with Gasteiger partial charge in [0.2, 0.25) is 0 Å². The molecule has 0 spiro atoms. The summed E-state index contributed by atoms with van der Waals surface area (Å²) in [6, 6.07) is 1.47. The highest BCUT2D eigenvalue weighted by Gasteiger charge is 2.10. The van der Waals surface area contributed by atoms with E-state index in [0.717, 1.165) is 0 Å². The minimum absolute atomic E-state index is 0.117. The molecule has 0 bridgehead atoms. The van der Waals surface area contributed by atoms with Gasteiger partial charge in [-0.2, -0.15) is 0 Å². The molecule has 1 heterocycles. The molecule has 1 unspecified atom stereocenters. The quantitative estimate of drug-likeness (QED) is 0.766. The Hall–Kier alpha value is -1.29. The lowest BCUT2D eigenvalue weighted by Gasteiger charge is -2.09. The predicted octanol–water partition coefficient (Wildman–Crippen LogP) is 1.39. The maximum absolute atomic E-state index is 11.5. The predicted molar refractivity (Wildman–Crippen MR) is 58.1 cm³/mol. The summed E-state index contributed by atoms with van der Waals surface area (Å²) in [5.41, 5.74) is 0.228. The molecule has 0 radical (unpaired) electrons. The van der Waals surface area contributed by atoms with E-state index in [0.29, 0.717) is 12.4 Å². The van der Waals surface area contributed by atoms with Crippen LogP contribution in [0.3, 0.4) is 0 Å². The molecule has 4 nitrogen and oxygen atoms in total. The minimum Gasteiger partial charge on any atom is -0.505 e. The van der Waals surface area contributed by atoms with Crippen LogP contribution in [0.1, 0.15) is 17.3 Å². The normalized spacial score (nSPS) is 12.1. The summed E-state index contributed by atoms with van der Waals surface area (Å²) in [5.74, 6) is 0.266. The van der Waals surface area contributed by atoms with E-state index in [-0.39, 0.29) is 23.1 Å².